The van der Waals surface area contributed by atoms with Crippen LogP contribution in [0.2, 0.25) is 0 Å². The molecule has 0 bridgehead atoms. The van der Waals surface area contributed by atoms with Crippen LogP contribution in [0.4, 0.5) is 0 Å². The van der Waals surface area contributed by atoms with Gasteiger partial charge in [-0.2, -0.15) is 0 Å². The van der Waals surface area contributed by atoms with Crippen LogP contribution in [0.5, 0.6) is 0 Å². The molecule has 0 aliphatic rings. The molecular formula is C23H43N3O4. The van der Waals surface area contributed by atoms with E-state index in [-0.39, 0.29) is 36.5 Å². The van der Waals surface area contributed by atoms with Crippen LogP contribution in [-0.2, 0) is 19.2 Å². The highest BCUT2D eigenvalue weighted by Gasteiger charge is 2.31. The molecular weight excluding hydrogens is 382 g/mol. The van der Waals surface area contributed by atoms with Crippen molar-refractivity contribution in [2.75, 3.05) is 14.1 Å². The second kappa shape index (κ2) is 15.0. The molecule has 0 aromatic carbocycles. The first kappa shape index (κ1) is 28.1. The summed E-state index contributed by atoms with van der Waals surface area (Å²) in [5, 5.41) is 5.58. The lowest BCUT2D eigenvalue weighted by atomic mass is 9.95. The van der Waals surface area contributed by atoms with Gasteiger partial charge < -0.3 is 20.3 Å². The lowest BCUT2D eigenvalue weighted by Crippen LogP contribution is -2.55. The van der Waals surface area contributed by atoms with Gasteiger partial charge in [-0.25, -0.2) is 0 Å². The second-order valence-corrected chi connectivity index (χ2v) is 9.08. The first-order valence-electron chi connectivity index (χ1n) is 11.3. The summed E-state index contributed by atoms with van der Waals surface area (Å²) in [4.78, 5) is 50.1. The third kappa shape index (κ3) is 12.6. The monoisotopic (exact) mass is 425 g/mol. The van der Waals surface area contributed by atoms with Crippen molar-refractivity contribution in [3.63, 3.8) is 0 Å². The Morgan fingerprint density at radius 1 is 1.00 bits per heavy atom. The van der Waals surface area contributed by atoms with E-state index in [4.69, 9.17) is 0 Å². The lowest BCUT2D eigenvalue weighted by molar-refractivity contribution is -0.133. The summed E-state index contributed by atoms with van der Waals surface area (Å²) in [7, 11) is 3.30. The van der Waals surface area contributed by atoms with Crippen LogP contribution in [0.3, 0.4) is 0 Å². The summed E-state index contributed by atoms with van der Waals surface area (Å²) in [6, 6.07) is -0.693. The van der Waals surface area contributed by atoms with Crippen molar-refractivity contribution in [3.8, 4) is 0 Å². The van der Waals surface area contributed by atoms with Crippen molar-refractivity contribution in [3.05, 3.63) is 0 Å². The number of hydrogen-bond donors (Lipinski definition) is 2. The minimum atomic E-state index is -1.15. The molecule has 0 spiro atoms. The summed E-state index contributed by atoms with van der Waals surface area (Å²) in [5.74, 6) is -0.426. The van der Waals surface area contributed by atoms with E-state index in [0.29, 0.717) is 19.1 Å². The minimum absolute atomic E-state index is 0.108. The molecule has 7 heteroatoms. The molecule has 2 N–H and O–H groups in total. The first-order valence-corrected chi connectivity index (χ1v) is 11.3. The van der Waals surface area contributed by atoms with Crippen LogP contribution < -0.4 is 10.6 Å². The smallest absolute Gasteiger partial charge is 0.243 e. The van der Waals surface area contributed by atoms with Crippen molar-refractivity contribution in [2.24, 2.45) is 5.92 Å². The molecule has 0 aromatic heterocycles. The zero-order chi connectivity index (χ0) is 23.2. The van der Waals surface area contributed by atoms with Gasteiger partial charge >= 0.3 is 0 Å². The Kier molecular flexibility index (Phi) is 14.0. The molecule has 0 heterocycles. The van der Waals surface area contributed by atoms with Gasteiger partial charge in [0.15, 0.2) is 0 Å². The van der Waals surface area contributed by atoms with Crippen molar-refractivity contribution < 1.29 is 19.2 Å². The van der Waals surface area contributed by atoms with Gasteiger partial charge in [0, 0.05) is 26.9 Å². The Morgan fingerprint density at radius 2 is 1.60 bits per heavy atom. The van der Waals surface area contributed by atoms with E-state index in [2.05, 4.69) is 17.6 Å². The summed E-state index contributed by atoms with van der Waals surface area (Å²) < 4.78 is 0. The zero-order valence-corrected chi connectivity index (χ0v) is 19.9. The van der Waals surface area contributed by atoms with Gasteiger partial charge in [-0.05, 0) is 32.1 Å². The molecule has 0 saturated carbocycles. The van der Waals surface area contributed by atoms with Crippen molar-refractivity contribution >= 4 is 24.0 Å². The average Bonchev–Trinajstić information content (AvgIpc) is 2.67. The van der Waals surface area contributed by atoms with Gasteiger partial charge in [0.1, 0.15) is 12.3 Å². The average molecular weight is 426 g/mol. The molecule has 3 amide bonds. The molecule has 0 radical (unpaired) electrons. The second-order valence-electron chi connectivity index (χ2n) is 9.08. The quantitative estimate of drug-likeness (QED) is 0.293. The predicted octanol–water partition coefficient (Wildman–Crippen LogP) is 3.21. The number of unbranched alkanes of at least 4 members (excludes halogenated alkanes) is 5. The molecule has 30 heavy (non-hydrogen) atoms. The molecule has 2 atom stereocenters. The maximum atomic E-state index is 12.8. The third-order valence-electron chi connectivity index (χ3n) is 5.14. The number of nitrogens with zero attached hydrogens (tertiary/aromatic N) is 1. The highest BCUT2D eigenvalue weighted by Crippen LogP contribution is 2.14. The molecule has 0 fully saturated rings. The van der Waals surface area contributed by atoms with Crippen LogP contribution in [0.15, 0.2) is 0 Å². The number of carbonyl (C=O) groups excluding carboxylic acids is 4. The zero-order valence-electron chi connectivity index (χ0n) is 19.9. The first-order chi connectivity index (χ1) is 14.0. The summed E-state index contributed by atoms with van der Waals surface area (Å²) >= 11 is 0. The van der Waals surface area contributed by atoms with E-state index in [9.17, 15) is 19.2 Å². The number of nitrogens with one attached hydrogen (secondary N) is 2. The third-order valence-corrected chi connectivity index (χ3v) is 5.14. The van der Waals surface area contributed by atoms with Crippen LogP contribution >= 0.6 is 0 Å². The van der Waals surface area contributed by atoms with Crippen LogP contribution in [-0.4, -0.2) is 54.6 Å². The number of amides is 3. The van der Waals surface area contributed by atoms with E-state index in [1.165, 1.54) is 24.2 Å². The van der Waals surface area contributed by atoms with E-state index < -0.39 is 11.6 Å². The van der Waals surface area contributed by atoms with Gasteiger partial charge in [0.25, 0.3) is 0 Å². The fourth-order valence-electron chi connectivity index (χ4n) is 3.14. The van der Waals surface area contributed by atoms with E-state index in [1.54, 1.807) is 21.0 Å². The van der Waals surface area contributed by atoms with Crippen LogP contribution in [0.1, 0.15) is 91.9 Å². The Balaban J connectivity index is 4.78. The highest BCUT2D eigenvalue weighted by molar-refractivity contribution is 5.90. The van der Waals surface area contributed by atoms with Gasteiger partial charge in [-0.15, -0.1) is 0 Å². The van der Waals surface area contributed by atoms with Crippen LogP contribution in [0, 0.1) is 5.92 Å². The molecule has 0 aliphatic heterocycles. The van der Waals surface area contributed by atoms with E-state index in [0.717, 1.165) is 19.3 Å². The number of carbonyl (C=O) groups is 4. The van der Waals surface area contributed by atoms with E-state index >= 15 is 0 Å². The van der Waals surface area contributed by atoms with E-state index in [1.807, 2.05) is 13.8 Å². The van der Waals surface area contributed by atoms with Crippen molar-refractivity contribution in [2.45, 2.75) is 103 Å². The topological polar surface area (TPSA) is 95.6 Å². The van der Waals surface area contributed by atoms with Crippen LogP contribution in [0.25, 0.3) is 0 Å². The normalized spacial score (nSPS) is 14.0. The Morgan fingerprint density at radius 3 is 2.13 bits per heavy atom. The van der Waals surface area contributed by atoms with Gasteiger partial charge in [0.2, 0.25) is 17.7 Å². The minimum Gasteiger partial charge on any atom is -0.349 e. The molecule has 7 nitrogen and oxygen atoms in total. The SMILES string of the molecule is CCCCCCCCC(=O)N[C@@H](CC(C)C)C(=O)NC(C)(C=O)CCC(=O)N(C)C. The maximum absolute atomic E-state index is 12.8. The van der Waals surface area contributed by atoms with Gasteiger partial charge in [-0.1, -0.05) is 52.9 Å². The Labute approximate surface area is 182 Å². The summed E-state index contributed by atoms with van der Waals surface area (Å²) in [6.07, 6.45) is 8.46. The van der Waals surface area contributed by atoms with Crippen molar-refractivity contribution in [1.82, 2.24) is 15.5 Å². The molecule has 0 aliphatic carbocycles. The van der Waals surface area contributed by atoms with Crippen molar-refractivity contribution in [1.29, 1.82) is 0 Å². The molecule has 0 rings (SSSR count). The molecule has 1 unspecified atom stereocenters. The lowest BCUT2D eigenvalue weighted by Gasteiger charge is -2.29. The Bertz CT molecular complexity index is 549. The largest absolute Gasteiger partial charge is 0.349 e. The maximum Gasteiger partial charge on any atom is 0.243 e. The Hall–Kier alpha value is -1.92. The number of hydrogen-bond acceptors (Lipinski definition) is 4. The summed E-state index contributed by atoms with van der Waals surface area (Å²) in [5.41, 5.74) is -1.15. The molecule has 0 saturated heterocycles. The summed E-state index contributed by atoms with van der Waals surface area (Å²) in [6.45, 7) is 7.73. The number of rotatable bonds is 16. The van der Waals surface area contributed by atoms with Gasteiger partial charge in [-0.3, -0.25) is 14.4 Å². The standard InChI is InChI=1S/C23H43N3O4/c1-7-8-9-10-11-12-13-20(28)24-19(16-18(2)3)22(30)25-23(4,17-27)15-14-21(29)26(5)6/h17-19H,7-16H2,1-6H3,(H,24,28)(H,25,30)/t19-,23?/m0/s1. The van der Waals surface area contributed by atoms with Gasteiger partial charge in [0.05, 0.1) is 5.54 Å². The predicted molar refractivity (Wildman–Crippen MR) is 120 cm³/mol. The fourth-order valence-corrected chi connectivity index (χ4v) is 3.14. The molecule has 174 valence electrons. The number of aldehydes is 1. The highest BCUT2D eigenvalue weighted by atomic mass is 16.2. The molecule has 0 aromatic rings. The fraction of sp³-hybridized carbons (Fsp3) is 0.826.